The van der Waals surface area contributed by atoms with Crippen molar-refractivity contribution in [2.24, 2.45) is 28.1 Å². The Morgan fingerprint density at radius 3 is 2.48 bits per heavy atom. The van der Waals surface area contributed by atoms with Gasteiger partial charge in [0.1, 0.15) is 0 Å². The van der Waals surface area contributed by atoms with Crippen LogP contribution < -0.4 is 0 Å². The van der Waals surface area contributed by atoms with Gasteiger partial charge in [-0.05, 0) is 60.2 Å². The SMILES string of the molecule is C=CC(C)(CCO)C1C(O)CCC2C(C)(C)CCCC21C. The Labute approximate surface area is 130 Å². The lowest BCUT2D eigenvalue weighted by molar-refractivity contribution is -0.157. The molecule has 0 radical (unpaired) electrons. The Bertz CT molecular complexity index is 389. The van der Waals surface area contributed by atoms with Crippen molar-refractivity contribution < 1.29 is 10.2 Å². The van der Waals surface area contributed by atoms with E-state index < -0.39 is 0 Å². The molecule has 2 nitrogen and oxygen atoms in total. The van der Waals surface area contributed by atoms with E-state index in [1.54, 1.807) is 0 Å². The highest BCUT2D eigenvalue weighted by molar-refractivity contribution is 5.11. The topological polar surface area (TPSA) is 40.5 Å². The minimum atomic E-state index is -0.269. The molecule has 5 atom stereocenters. The summed E-state index contributed by atoms with van der Waals surface area (Å²) >= 11 is 0. The van der Waals surface area contributed by atoms with E-state index in [4.69, 9.17) is 0 Å². The van der Waals surface area contributed by atoms with Gasteiger partial charge in [-0.15, -0.1) is 6.58 Å². The third-order valence-corrected chi connectivity index (χ3v) is 6.95. The summed E-state index contributed by atoms with van der Waals surface area (Å²) < 4.78 is 0. The molecular formula is C19H34O2. The van der Waals surface area contributed by atoms with Crippen molar-refractivity contribution in [1.29, 1.82) is 0 Å². The molecule has 0 aliphatic heterocycles. The van der Waals surface area contributed by atoms with Gasteiger partial charge in [-0.25, -0.2) is 0 Å². The number of aliphatic hydroxyl groups excluding tert-OH is 2. The Balaban J connectivity index is 2.44. The molecule has 0 bridgehead atoms. The molecule has 0 aromatic carbocycles. The molecule has 2 aliphatic carbocycles. The van der Waals surface area contributed by atoms with Crippen LogP contribution in [0, 0.1) is 28.1 Å². The van der Waals surface area contributed by atoms with E-state index in [0.717, 1.165) is 12.8 Å². The van der Waals surface area contributed by atoms with Gasteiger partial charge in [0, 0.05) is 6.61 Å². The molecule has 0 aromatic rings. The lowest BCUT2D eigenvalue weighted by Crippen LogP contribution is -2.57. The molecule has 2 N–H and O–H groups in total. The second kappa shape index (κ2) is 5.70. The van der Waals surface area contributed by atoms with Crippen molar-refractivity contribution in [3.63, 3.8) is 0 Å². The average molecular weight is 294 g/mol. The molecular weight excluding hydrogens is 260 g/mol. The third kappa shape index (κ3) is 2.70. The molecule has 0 aromatic heterocycles. The summed E-state index contributed by atoms with van der Waals surface area (Å²) in [7, 11) is 0. The second-order valence-corrected chi connectivity index (χ2v) is 8.71. The first kappa shape index (κ1) is 17.0. The van der Waals surface area contributed by atoms with Crippen LogP contribution in [-0.4, -0.2) is 22.9 Å². The molecule has 0 spiro atoms. The predicted octanol–water partition coefficient (Wildman–Crippen LogP) is 4.16. The van der Waals surface area contributed by atoms with Crippen molar-refractivity contribution in [2.75, 3.05) is 6.61 Å². The van der Waals surface area contributed by atoms with Gasteiger partial charge in [-0.2, -0.15) is 0 Å². The number of allylic oxidation sites excluding steroid dienone is 1. The first-order chi connectivity index (χ1) is 9.71. The standard InChI is InChI=1S/C19H34O2/c1-6-18(4,12-13-20)16-14(21)8-9-15-17(2,3)10-7-11-19(15,16)5/h6,14-16,20-21H,1,7-13H2,2-5H3. The fourth-order valence-corrected chi connectivity index (χ4v) is 6.02. The number of aliphatic hydroxyl groups is 2. The quantitative estimate of drug-likeness (QED) is 0.764. The van der Waals surface area contributed by atoms with E-state index in [1.807, 2.05) is 6.08 Å². The first-order valence-corrected chi connectivity index (χ1v) is 8.64. The van der Waals surface area contributed by atoms with Crippen LogP contribution in [0.5, 0.6) is 0 Å². The highest BCUT2D eigenvalue weighted by Gasteiger charge is 2.58. The van der Waals surface area contributed by atoms with Crippen molar-refractivity contribution >= 4 is 0 Å². The highest BCUT2D eigenvalue weighted by Crippen LogP contribution is 2.63. The Hall–Kier alpha value is -0.340. The van der Waals surface area contributed by atoms with Crippen LogP contribution in [-0.2, 0) is 0 Å². The van der Waals surface area contributed by atoms with E-state index in [1.165, 1.54) is 19.3 Å². The zero-order chi connectivity index (χ0) is 15.9. The molecule has 5 unspecified atom stereocenters. The largest absolute Gasteiger partial charge is 0.396 e. The van der Waals surface area contributed by atoms with E-state index in [0.29, 0.717) is 17.8 Å². The Morgan fingerprint density at radius 2 is 1.90 bits per heavy atom. The van der Waals surface area contributed by atoms with Gasteiger partial charge in [0.2, 0.25) is 0 Å². The van der Waals surface area contributed by atoms with Crippen LogP contribution in [0.25, 0.3) is 0 Å². The molecule has 2 fully saturated rings. The van der Waals surface area contributed by atoms with Gasteiger partial charge in [-0.3, -0.25) is 0 Å². The van der Waals surface area contributed by atoms with Crippen molar-refractivity contribution in [1.82, 2.24) is 0 Å². The fourth-order valence-electron chi connectivity index (χ4n) is 6.02. The van der Waals surface area contributed by atoms with Crippen LogP contribution in [0.2, 0.25) is 0 Å². The van der Waals surface area contributed by atoms with Crippen molar-refractivity contribution in [3.8, 4) is 0 Å². The van der Waals surface area contributed by atoms with Crippen LogP contribution in [0.15, 0.2) is 12.7 Å². The maximum absolute atomic E-state index is 10.8. The molecule has 21 heavy (non-hydrogen) atoms. The number of fused-ring (bicyclic) bond motifs is 1. The molecule has 2 saturated carbocycles. The lowest BCUT2D eigenvalue weighted by Gasteiger charge is -2.62. The smallest absolute Gasteiger partial charge is 0.0582 e. The summed E-state index contributed by atoms with van der Waals surface area (Å²) in [6, 6.07) is 0. The number of rotatable bonds is 4. The van der Waals surface area contributed by atoms with Gasteiger partial charge < -0.3 is 10.2 Å². The number of hydrogen-bond acceptors (Lipinski definition) is 2. The molecule has 2 aliphatic rings. The molecule has 0 saturated heterocycles. The summed E-state index contributed by atoms with van der Waals surface area (Å²) in [6.07, 6.45) is 8.17. The molecule has 2 heteroatoms. The zero-order valence-electron chi connectivity index (χ0n) is 14.4. The van der Waals surface area contributed by atoms with Crippen molar-refractivity contribution in [3.05, 3.63) is 12.7 Å². The van der Waals surface area contributed by atoms with Crippen LogP contribution in [0.3, 0.4) is 0 Å². The summed E-state index contributed by atoms with van der Waals surface area (Å²) in [5, 5.41) is 20.3. The van der Waals surface area contributed by atoms with Crippen molar-refractivity contribution in [2.45, 2.75) is 72.3 Å². The van der Waals surface area contributed by atoms with E-state index in [-0.39, 0.29) is 29.5 Å². The van der Waals surface area contributed by atoms with Gasteiger partial charge in [0.25, 0.3) is 0 Å². The van der Waals surface area contributed by atoms with Crippen LogP contribution in [0.4, 0.5) is 0 Å². The highest BCUT2D eigenvalue weighted by atomic mass is 16.3. The normalized spacial score (nSPS) is 41.9. The predicted molar refractivity (Wildman–Crippen MR) is 88.0 cm³/mol. The fraction of sp³-hybridized carbons (Fsp3) is 0.895. The summed E-state index contributed by atoms with van der Waals surface area (Å²) in [5.74, 6) is 0.859. The second-order valence-electron chi connectivity index (χ2n) is 8.71. The van der Waals surface area contributed by atoms with E-state index in [2.05, 4.69) is 34.3 Å². The Morgan fingerprint density at radius 1 is 1.24 bits per heavy atom. The summed E-state index contributed by atoms with van der Waals surface area (Å²) in [6.45, 7) is 13.6. The molecule has 0 amide bonds. The van der Waals surface area contributed by atoms with Gasteiger partial charge >= 0.3 is 0 Å². The summed E-state index contributed by atoms with van der Waals surface area (Å²) in [4.78, 5) is 0. The minimum absolute atomic E-state index is 0.150. The van der Waals surface area contributed by atoms with Gasteiger partial charge in [0.15, 0.2) is 0 Å². The van der Waals surface area contributed by atoms with E-state index >= 15 is 0 Å². The zero-order valence-corrected chi connectivity index (χ0v) is 14.4. The van der Waals surface area contributed by atoms with Gasteiger partial charge in [0.05, 0.1) is 6.10 Å². The maximum atomic E-state index is 10.8. The van der Waals surface area contributed by atoms with E-state index in [9.17, 15) is 10.2 Å². The molecule has 2 rings (SSSR count). The number of hydrogen-bond donors (Lipinski definition) is 2. The average Bonchev–Trinajstić information content (AvgIpc) is 2.37. The summed E-state index contributed by atoms with van der Waals surface area (Å²) in [5.41, 5.74) is 0.319. The molecule has 0 heterocycles. The third-order valence-electron chi connectivity index (χ3n) is 6.95. The van der Waals surface area contributed by atoms with Crippen LogP contribution >= 0.6 is 0 Å². The molecule has 122 valence electrons. The Kier molecular flexibility index (Phi) is 4.62. The van der Waals surface area contributed by atoms with Crippen LogP contribution in [0.1, 0.15) is 66.2 Å². The monoisotopic (exact) mass is 294 g/mol. The lowest BCUT2D eigenvalue weighted by atomic mass is 9.43. The maximum Gasteiger partial charge on any atom is 0.0582 e. The van der Waals surface area contributed by atoms with Gasteiger partial charge in [-0.1, -0.05) is 40.2 Å². The minimum Gasteiger partial charge on any atom is -0.396 e. The first-order valence-electron chi connectivity index (χ1n) is 8.64.